The van der Waals surface area contributed by atoms with Crippen LogP contribution in [0, 0.1) is 0 Å². The molecule has 4 N–H and O–H groups in total. The van der Waals surface area contributed by atoms with E-state index in [2.05, 4.69) is 21.2 Å². The van der Waals surface area contributed by atoms with E-state index in [0.29, 0.717) is 0 Å². The predicted octanol–water partition coefficient (Wildman–Crippen LogP) is 1.16. The van der Waals surface area contributed by atoms with Crippen LogP contribution in [-0.4, -0.2) is 34.6 Å². The smallest absolute Gasteiger partial charge is 0.121 e. The number of aliphatic hydroxyl groups excluding tert-OH is 2. The minimum absolute atomic E-state index is 0.141. The van der Waals surface area contributed by atoms with Gasteiger partial charge in [-0.2, -0.15) is 0 Å². The molecule has 5 heteroatoms. The highest BCUT2D eigenvalue weighted by Gasteiger charge is 2.14. The Morgan fingerprint density at radius 1 is 1.31 bits per heavy atom. The monoisotopic (exact) mass is 289 g/mol. The fourth-order valence-electron chi connectivity index (χ4n) is 1.49. The van der Waals surface area contributed by atoms with Gasteiger partial charge in [0.15, 0.2) is 0 Å². The molecule has 0 saturated heterocycles. The number of hydrogen-bond donors (Lipinski definition) is 4. The molecule has 0 spiro atoms. The third kappa shape index (κ3) is 3.45. The molecule has 0 aliphatic rings. The Balaban J connectivity index is 2.76. The van der Waals surface area contributed by atoms with Crippen LogP contribution in [0.2, 0.25) is 0 Å². The lowest BCUT2D eigenvalue weighted by Crippen LogP contribution is -2.37. The first kappa shape index (κ1) is 13.4. The molecule has 1 rings (SSSR count). The lowest BCUT2D eigenvalue weighted by atomic mass is 10.1. The summed E-state index contributed by atoms with van der Waals surface area (Å²) in [5, 5.41) is 30.6. The molecule has 1 aromatic rings. The summed E-state index contributed by atoms with van der Waals surface area (Å²) in [7, 11) is 0. The number of benzene rings is 1. The molecular weight excluding hydrogens is 274 g/mol. The van der Waals surface area contributed by atoms with Gasteiger partial charge in [0.2, 0.25) is 0 Å². The molecule has 0 fully saturated rings. The number of halogens is 1. The molecule has 0 aliphatic carbocycles. The fourth-order valence-corrected chi connectivity index (χ4v) is 1.84. The zero-order valence-electron chi connectivity index (χ0n) is 9.02. The summed E-state index contributed by atoms with van der Waals surface area (Å²) in [4.78, 5) is 0. The fraction of sp³-hybridized carbons (Fsp3) is 0.455. The van der Waals surface area contributed by atoms with E-state index < -0.39 is 0 Å². The van der Waals surface area contributed by atoms with Crippen LogP contribution in [0.1, 0.15) is 18.5 Å². The Kier molecular flexibility index (Phi) is 5.21. The Hall–Kier alpha value is -0.620. The van der Waals surface area contributed by atoms with Crippen molar-refractivity contribution < 1.29 is 15.3 Å². The maximum Gasteiger partial charge on any atom is 0.121 e. The highest BCUT2D eigenvalue weighted by molar-refractivity contribution is 9.10. The van der Waals surface area contributed by atoms with Crippen molar-refractivity contribution in [1.82, 2.24) is 5.32 Å². The average Bonchev–Trinajstić information content (AvgIpc) is 2.25. The molecule has 0 amide bonds. The van der Waals surface area contributed by atoms with Gasteiger partial charge in [0.05, 0.1) is 19.3 Å². The van der Waals surface area contributed by atoms with E-state index in [1.807, 2.05) is 13.0 Å². The number of aliphatic hydroxyl groups is 2. The van der Waals surface area contributed by atoms with Crippen LogP contribution in [0.3, 0.4) is 0 Å². The molecule has 0 heterocycles. The van der Waals surface area contributed by atoms with Crippen molar-refractivity contribution in [2.45, 2.75) is 19.0 Å². The summed E-state index contributed by atoms with van der Waals surface area (Å²) < 4.78 is 0.807. The Morgan fingerprint density at radius 2 is 1.94 bits per heavy atom. The standard InChI is InChI=1S/C11H16BrNO3/c1-7(13-9(5-14)6-15)10-3-2-8(12)4-11(10)16/h2-4,7,9,13-16H,5-6H2,1H3. The van der Waals surface area contributed by atoms with Crippen LogP contribution in [0.5, 0.6) is 5.75 Å². The van der Waals surface area contributed by atoms with E-state index in [4.69, 9.17) is 10.2 Å². The summed E-state index contributed by atoms with van der Waals surface area (Å²) in [5.41, 5.74) is 0.732. The third-order valence-electron chi connectivity index (χ3n) is 2.39. The van der Waals surface area contributed by atoms with E-state index >= 15 is 0 Å². The van der Waals surface area contributed by atoms with Gasteiger partial charge >= 0.3 is 0 Å². The Bertz CT molecular complexity index is 342. The summed E-state index contributed by atoms with van der Waals surface area (Å²) in [6, 6.07) is 4.72. The van der Waals surface area contributed by atoms with Crippen molar-refractivity contribution in [2.75, 3.05) is 13.2 Å². The third-order valence-corrected chi connectivity index (χ3v) is 2.88. The highest BCUT2D eigenvalue weighted by atomic mass is 79.9. The second-order valence-electron chi connectivity index (χ2n) is 3.65. The SMILES string of the molecule is CC(NC(CO)CO)c1ccc(Br)cc1O. The molecule has 1 unspecified atom stereocenters. The minimum atomic E-state index is -0.377. The van der Waals surface area contributed by atoms with Gasteiger partial charge in [0, 0.05) is 16.1 Å². The number of phenols is 1. The van der Waals surface area contributed by atoms with Crippen molar-refractivity contribution in [3.63, 3.8) is 0 Å². The number of phenolic OH excluding ortho intramolecular Hbond substituents is 1. The average molecular weight is 290 g/mol. The van der Waals surface area contributed by atoms with Crippen LogP contribution in [0.4, 0.5) is 0 Å². The summed E-state index contributed by atoms with van der Waals surface area (Å²) >= 11 is 3.26. The molecule has 0 saturated carbocycles. The summed E-state index contributed by atoms with van der Waals surface area (Å²) in [6.45, 7) is 1.58. The second-order valence-corrected chi connectivity index (χ2v) is 4.57. The molecule has 0 aromatic heterocycles. The van der Waals surface area contributed by atoms with Crippen molar-refractivity contribution in [2.24, 2.45) is 0 Å². The topological polar surface area (TPSA) is 72.7 Å². The zero-order chi connectivity index (χ0) is 12.1. The van der Waals surface area contributed by atoms with Crippen molar-refractivity contribution in [1.29, 1.82) is 0 Å². The van der Waals surface area contributed by atoms with Crippen LogP contribution in [0.25, 0.3) is 0 Å². The molecule has 16 heavy (non-hydrogen) atoms. The van der Waals surface area contributed by atoms with Crippen LogP contribution in [-0.2, 0) is 0 Å². The number of rotatable bonds is 5. The molecule has 0 radical (unpaired) electrons. The zero-order valence-corrected chi connectivity index (χ0v) is 10.6. The second kappa shape index (κ2) is 6.20. The van der Waals surface area contributed by atoms with Crippen molar-refractivity contribution in [3.8, 4) is 5.75 Å². The van der Waals surface area contributed by atoms with Gasteiger partial charge < -0.3 is 20.6 Å². The van der Waals surface area contributed by atoms with Crippen LogP contribution in [0.15, 0.2) is 22.7 Å². The molecule has 0 bridgehead atoms. The van der Waals surface area contributed by atoms with E-state index in [1.54, 1.807) is 12.1 Å². The highest BCUT2D eigenvalue weighted by Crippen LogP contribution is 2.27. The van der Waals surface area contributed by atoms with Gasteiger partial charge in [-0.25, -0.2) is 0 Å². The Labute approximate surface area is 103 Å². The summed E-state index contributed by atoms with van der Waals surface area (Å²) in [5.74, 6) is 0.184. The molecule has 0 aliphatic heterocycles. The number of nitrogens with one attached hydrogen (secondary N) is 1. The predicted molar refractivity (Wildman–Crippen MR) is 65.3 cm³/mol. The van der Waals surface area contributed by atoms with E-state index in [9.17, 15) is 5.11 Å². The molecular formula is C11H16BrNO3. The van der Waals surface area contributed by atoms with Crippen molar-refractivity contribution >= 4 is 15.9 Å². The van der Waals surface area contributed by atoms with Gasteiger partial charge in [0.25, 0.3) is 0 Å². The van der Waals surface area contributed by atoms with E-state index in [1.165, 1.54) is 0 Å². The lowest BCUT2D eigenvalue weighted by molar-refractivity contribution is 0.163. The maximum atomic E-state index is 9.73. The first-order valence-electron chi connectivity index (χ1n) is 5.04. The van der Waals surface area contributed by atoms with Crippen LogP contribution < -0.4 is 5.32 Å². The minimum Gasteiger partial charge on any atom is -0.508 e. The van der Waals surface area contributed by atoms with E-state index in [0.717, 1.165) is 10.0 Å². The van der Waals surface area contributed by atoms with Crippen molar-refractivity contribution in [3.05, 3.63) is 28.2 Å². The Morgan fingerprint density at radius 3 is 2.44 bits per heavy atom. The summed E-state index contributed by atoms with van der Waals surface area (Å²) in [6.07, 6.45) is 0. The van der Waals surface area contributed by atoms with E-state index in [-0.39, 0.29) is 31.0 Å². The molecule has 4 nitrogen and oxygen atoms in total. The number of aromatic hydroxyl groups is 1. The first-order valence-corrected chi connectivity index (χ1v) is 5.84. The van der Waals surface area contributed by atoms with Gasteiger partial charge in [-0.15, -0.1) is 0 Å². The van der Waals surface area contributed by atoms with Crippen LogP contribution >= 0.6 is 15.9 Å². The quantitative estimate of drug-likeness (QED) is 0.656. The van der Waals surface area contributed by atoms with Gasteiger partial charge in [0.1, 0.15) is 5.75 Å². The molecule has 90 valence electrons. The lowest BCUT2D eigenvalue weighted by Gasteiger charge is -2.21. The first-order chi connectivity index (χ1) is 7.58. The van der Waals surface area contributed by atoms with Gasteiger partial charge in [-0.3, -0.25) is 0 Å². The largest absolute Gasteiger partial charge is 0.508 e. The maximum absolute atomic E-state index is 9.73. The van der Waals surface area contributed by atoms with Gasteiger partial charge in [-0.05, 0) is 19.1 Å². The number of hydrogen-bond acceptors (Lipinski definition) is 4. The molecule has 1 atom stereocenters. The van der Waals surface area contributed by atoms with Gasteiger partial charge in [-0.1, -0.05) is 22.0 Å². The molecule has 1 aromatic carbocycles. The normalized spacial score (nSPS) is 13.1.